The van der Waals surface area contributed by atoms with Gasteiger partial charge in [0.2, 0.25) is 5.91 Å². The van der Waals surface area contributed by atoms with Gasteiger partial charge >= 0.3 is 0 Å². The van der Waals surface area contributed by atoms with Gasteiger partial charge in [-0.2, -0.15) is 0 Å². The maximum Gasteiger partial charge on any atom is 0.223 e. The van der Waals surface area contributed by atoms with Crippen LogP contribution in [-0.4, -0.2) is 55.5 Å². The molecule has 4 nitrogen and oxygen atoms in total. The van der Waals surface area contributed by atoms with E-state index in [9.17, 15) is 4.79 Å². The van der Waals surface area contributed by atoms with Crippen LogP contribution in [0.5, 0.6) is 0 Å². The van der Waals surface area contributed by atoms with Crippen molar-refractivity contribution in [3.05, 3.63) is 0 Å². The molecule has 2 fully saturated rings. The Hall–Kier alpha value is -0.610. The van der Waals surface area contributed by atoms with Gasteiger partial charge in [-0.3, -0.25) is 4.79 Å². The molecule has 0 radical (unpaired) electrons. The largest absolute Gasteiger partial charge is 0.346 e. The summed E-state index contributed by atoms with van der Waals surface area (Å²) in [4.78, 5) is 16.2. The Morgan fingerprint density at radius 3 is 2.61 bits per heavy atom. The van der Waals surface area contributed by atoms with Crippen molar-refractivity contribution >= 4 is 5.91 Å². The minimum absolute atomic E-state index is 0.264. The molecule has 2 N–H and O–H groups in total. The number of amides is 1. The second-order valence-corrected chi connectivity index (χ2v) is 5.92. The second kappa shape index (κ2) is 6.53. The highest BCUT2D eigenvalue weighted by atomic mass is 16.2. The summed E-state index contributed by atoms with van der Waals surface area (Å²) in [6.45, 7) is 4.85. The number of fused-ring (bicyclic) bond motifs is 1. The maximum atomic E-state index is 11.9. The standard InChI is InChI=1S/C14H27N3O/c1-16(8-3-7-15)14(18)6-9-17-10-12-4-2-5-13(12)11-17/h12-13H,2-11,15H2,1H3. The first-order chi connectivity index (χ1) is 8.70. The van der Waals surface area contributed by atoms with Crippen molar-refractivity contribution in [1.29, 1.82) is 0 Å². The molecular weight excluding hydrogens is 226 g/mol. The van der Waals surface area contributed by atoms with Crippen LogP contribution in [0.4, 0.5) is 0 Å². The highest BCUT2D eigenvalue weighted by molar-refractivity contribution is 5.76. The number of hydrogen-bond acceptors (Lipinski definition) is 3. The Morgan fingerprint density at radius 2 is 2.00 bits per heavy atom. The molecule has 104 valence electrons. The van der Waals surface area contributed by atoms with Crippen molar-refractivity contribution in [3.8, 4) is 0 Å². The summed E-state index contributed by atoms with van der Waals surface area (Å²) in [6.07, 6.45) is 5.80. The third-order valence-electron chi connectivity index (χ3n) is 4.57. The van der Waals surface area contributed by atoms with E-state index in [-0.39, 0.29) is 5.91 Å². The molecule has 4 heteroatoms. The molecule has 0 aromatic heterocycles. The molecule has 0 spiro atoms. The molecule has 0 aromatic rings. The van der Waals surface area contributed by atoms with Crippen molar-refractivity contribution in [3.63, 3.8) is 0 Å². The average molecular weight is 253 g/mol. The molecule has 1 amide bonds. The summed E-state index contributed by atoms with van der Waals surface area (Å²) in [7, 11) is 1.89. The molecule has 2 aliphatic rings. The summed E-state index contributed by atoms with van der Waals surface area (Å²) in [5.74, 6) is 2.12. The minimum Gasteiger partial charge on any atom is -0.346 e. The molecule has 0 bridgehead atoms. The van der Waals surface area contributed by atoms with E-state index >= 15 is 0 Å². The first kappa shape index (κ1) is 13.8. The zero-order chi connectivity index (χ0) is 13.0. The molecule has 1 heterocycles. The van der Waals surface area contributed by atoms with Crippen LogP contribution < -0.4 is 5.73 Å². The Bertz CT molecular complexity index is 270. The van der Waals surface area contributed by atoms with E-state index in [0.717, 1.165) is 31.3 Å². The molecule has 2 unspecified atom stereocenters. The lowest BCUT2D eigenvalue weighted by Gasteiger charge is -2.20. The molecule has 2 atom stereocenters. The van der Waals surface area contributed by atoms with Crippen molar-refractivity contribution in [1.82, 2.24) is 9.80 Å². The summed E-state index contributed by atoms with van der Waals surface area (Å²) in [6, 6.07) is 0. The van der Waals surface area contributed by atoms with E-state index < -0.39 is 0 Å². The first-order valence-corrected chi connectivity index (χ1v) is 7.37. The van der Waals surface area contributed by atoms with Crippen molar-refractivity contribution < 1.29 is 4.79 Å². The summed E-state index contributed by atoms with van der Waals surface area (Å²) in [5, 5.41) is 0. The summed E-state index contributed by atoms with van der Waals surface area (Å²) in [5.41, 5.74) is 5.46. The number of nitrogens with two attached hydrogens (primary N) is 1. The number of nitrogens with zero attached hydrogens (tertiary/aromatic N) is 2. The van der Waals surface area contributed by atoms with Crippen LogP contribution in [0.15, 0.2) is 0 Å². The highest BCUT2D eigenvalue weighted by Gasteiger charge is 2.35. The highest BCUT2D eigenvalue weighted by Crippen LogP contribution is 2.37. The fraction of sp³-hybridized carbons (Fsp3) is 0.929. The topological polar surface area (TPSA) is 49.6 Å². The van der Waals surface area contributed by atoms with E-state index in [1.807, 2.05) is 11.9 Å². The fourth-order valence-electron chi connectivity index (χ4n) is 3.41. The Balaban J connectivity index is 1.64. The van der Waals surface area contributed by atoms with Crippen LogP contribution in [0, 0.1) is 11.8 Å². The SMILES string of the molecule is CN(CCCN)C(=O)CCN1CC2CCCC2C1. The van der Waals surface area contributed by atoms with Gasteiger partial charge in [-0.25, -0.2) is 0 Å². The number of rotatable bonds is 6. The van der Waals surface area contributed by atoms with E-state index in [2.05, 4.69) is 4.90 Å². The smallest absolute Gasteiger partial charge is 0.223 e. The lowest BCUT2D eigenvalue weighted by atomic mass is 10.0. The molecule has 1 aliphatic carbocycles. The normalized spacial score (nSPS) is 27.4. The molecular formula is C14H27N3O. The monoisotopic (exact) mass is 253 g/mol. The second-order valence-electron chi connectivity index (χ2n) is 5.92. The van der Waals surface area contributed by atoms with Crippen molar-refractivity contribution in [2.24, 2.45) is 17.6 Å². The molecule has 0 aromatic carbocycles. The van der Waals surface area contributed by atoms with Gasteiger partial charge < -0.3 is 15.5 Å². The van der Waals surface area contributed by atoms with E-state index in [0.29, 0.717) is 13.0 Å². The van der Waals surface area contributed by atoms with Gasteiger partial charge in [0.1, 0.15) is 0 Å². The predicted octanol–water partition coefficient (Wildman–Crippen LogP) is 0.916. The number of carbonyl (C=O) groups is 1. The lowest BCUT2D eigenvalue weighted by molar-refractivity contribution is -0.130. The lowest BCUT2D eigenvalue weighted by Crippen LogP contribution is -2.33. The third-order valence-corrected chi connectivity index (χ3v) is 4.57. The molecule has 1 aliphatic heterocycles. The Morgan fingerprint density at radius 1 is 1.33 bits per heavy atom. The minimum atomic E-state index is 0.264. The third kappa shape index (κ3) is 3.45. The van der Waals surface area contributed by atoms with Gasteiger partial charge in [0.05, 0.1) is 0 Å². The molecule has 1 saturated heterocycles. The Labute approximate surface area is 110 Å². The van der Waals surface area contributed by atoms with Crippen LogP contribution in [-0.2, 0) is 4.79 Å². The van der Waals surface area contributed by atoms with Crippen LogP contribution >= 0.6 is 0 Å². The van der Waals surface area contributed by atoms with Gasteiger partial charge in [-0.05, 0) is 37.6 Å². The van der Waals surface area contributed by atoms with Crippen LogP contribution in [0.1, 0.15) is 32.1 Å². The van der Waals surface area contributed by atoms with Gasteiger partial charge in [-0.15, -0.1) is 0 Å². The van der Waals surface area contributed by atoms with E-state index in [4.69, 9.17) is 5.73 Å². The molecule has 1 saturated carbocycles. The van der Waals surface area contributed by atoms with Crippen molar-refractivity contribution in [2.45, 2.75) is 32.1 Å². The van der Waals surface area contributed by atoms with Crippen LogP contribution in [0.2, 0.25) is 0 Å². The van der Waals surface area contributed by atoms with Gasteiger partial charge in [-0.1, -0.05) is 6.42 Å². The fourth-order valence-corrected chi connectivity index (χ4v) is 3.41. The Kier molecular flexibility index (Phi) is 5.01. The summed E-state index contributed by atoms with van der Waals surface area (Å²) < 4.78 is 0. The maximum absolute atomic E-state index is 11.9. The van der Waals surface area contributed by atoms with Crippen LogP contribution in [0.25, 0.3) is 0 Å². The number of hydrogen-bond donors (Lipinski definition) is 1. The average Bonchev–Trinajstić information content (AvgIpc) is 2.93. The van der Waals surface area contributed by atoms with Crippen molar-refractivity contribution in [2.75, 3.05) is 39.8 Å². The van der Waals surface area contributed by atoms with Gasteiger partial charge in [0, 0.05) is 39.6 Å². The zero-order valence-corrected chi connectivity index (χ0v) is 11.6. The summed E-state index contributed by atoms with van der Waals surface area (Å²) >= 11 is 0. The molecule has 18 heavy (non-hydrogen) atoms. The van der Waals surface area contributed by atoms with E-state index in [1.165, 1.54) is 32.4 Å². The predicted molar refractivity (Wildman–Crippen MR) is 73.2 cm³/mol. The van der Waals surface area contributed by atoms with Crippen LogP contribution in [0.3, 0.4) is 0 Å². The van der Waals surface area contributed by atoms with E-state index in [1.54, 1.807) is 0 Å². The zero-order valence-electron chi connectivity index (χ0n) is 11.6. The number of likely N-dealkylation sites (tertiary alicyclic amines) is 1. The first-order valence-electron chi connectivity index (χ1n) is 7.37. The van der Waals surface area contributed by atoms with Gasteiger partial charge in [0.25, 0.3) is 0 Å². The quantitative estimate of drug-likeness (QED) is 0.765. The molecule has 2 rings (SSSR count). The number of carbonyl (C=O) groups excluding carboxylic acids is 1. The van der Waals surface area contributed by atoms with Gasteiger partial charge in [0.15, 0.2) is 0 Å².